The predicted molar refractivity (Wildman–Crippen MR) is 133 cm³/mol. The van der Waals surface area contributed by atoms with Crippen LogP contribution in [0.5, 0.6) is 0 Å². The lowest BCUT2D eigenvalue weighted by molar-refractivity contribution is -0.134. The van der Waals surface area contributed by atoms with Crippen molar-refractivity contribution in [3.05, 3.63) is 87.4 Å². The maximum Gasteiger partial charge on any atom is 0.262 e. The first-order valence-electron chi connectivity index (χ1n) is 11.3. The van der Waals surface area contributed by atoms with Crippen molar-refractivity contribution >= 4 is 45.9 Å². The van der Waals surface area contributed by atoms with Crippen LogP contribution in [0.2, 0.25) is 5.02 Å². The molecule has 3 heterocycles. The number of piperidine rings is 1. The zero-order chi connectivity index (χ0) is 23.5. The van der Waals surface area contributed by atoms with Gasteiger partial charge in [0, 0.05) is 30.5 Å². The number of hydrogen-bond donors (Lipinski definition) is 1. The number of nitrogens with one attached hydrogen (secondary N) is 1. The molecule has 2 aromatic carbocycles. The van der Waals surface area contributed by atoms with E-state index < -0.39 is 6.04 Å². The molecule has 1 aliphatic heterocycles. The Hall–Kier alpha value is -3.16. The van der Waals surface area contributed by atoms with E-state index in [9.17, 15) is 9.59 Å². The smallest absolute Gasteiger partial charge is 0.262 e. The molecule has 2 aromatic heterocycles. The number of thiophene rings is 1. The van der Waals surface area contributed by atoms with Gasteiger partial charge in [-0.3, -0.25) is 9.59 Å². The summed E-state index contributed by atoms with van der Waals surface area (Å²) in [4.78, 5) is 33.3. The quantitative estimate of drug-likeness (QED) is 0.396. The van der Waals surface area contributed by atoms with E-state index in [-0.39, 0.29) is 17.7 Å². The second-order valence-electron chi connectivity index (χ2n) is 8.46. The molecule has 1 aliphatic rings. The molecule has 8 heteroatoms. The van der Waals surface area contributed by atoms with Gasteiger partial charge >= 0.3 is 0 Å². The fourth-order valence-corrected chi connectivity index (χ4v) is 5.14. The van der Waals surface area contributed by atoms with E-state index in [0.717, 1.165) is 29.5 Å². The average molecular weight is 494 g/mol. The number of nitrogens with zero attached hydrogens (tertiary/aromatic N) is 2. The predicted octanol–water partition coefficient (Wildman–Crippen LogP) is 5.29. The normalized spacial score (nSPS) is 15.4. The molecule has 0 bridgehead atoms. The summed E-state index contributed by atoms with van der Waals surface area (Å²) in [7, 11) is 0. The van der Waals surface area contributed by atoms with Crippen LogP contribution in [-0.4, -0.2) is 40.8 Å². The lowest BCUT2D eigenvalue weighted by Crippen LogP contribution is -2.51. The molecule has 1 saturated heterocycles. The number of amides is 2. The summed E-state index contributed by atoms with van der Waals surface area (Å²) in [5.74, 6) is 0.556. The standard InChI is InChI=1S/C26H24ClN3O3S/c27-19-8-9-22-20(16-19)29-25(33-22)18-10-12-30(13-11-18)26(32)21(15-17-5-2-1-3-6-17)28-24(31)23-7-4-14-34-23/h1-9,14,16,18,21H,10-13,15H2,(H,28,31). The van der Waals surface area contributed by atoms with Crippen LogP contribution in [0.15, 0.2) is 70.5 Å². The fourth-order valence-electron chi connectivity index (χ4n) is 4.35. The van der Waals surface area contributed by atoms with Gasteiger partial charge in [-0.15, -0.1) is 11.3 Å². The molecule has 0 saturated carbocycles. The van der Waals surface area contributed by atoms with Crippen molar-refractivity contribution in [2.24, 2.45) is 0 Å². The van der Waals surface area contributed by atoms with Crippen LogP contribution in [0.25, 0.3) is 11.1 Å². The number of likely N-dealkylation sites (tertiary alicyclic amines) is 1. The molecule has 2 amide bonds. The average Bonchev–Trinajstić information content (AvgIpc) is 3.54. The molecule has 1 fully saturated rings. The van der Waals surface area contributed by atoms with Crippen LogP contribution in [0.4, 0.5) is 0 Å². The minimum Gasteiger partial charge on any atom is -0.440 e. The maximum absolute atomic E-state index is 13.5. The summed E-state index contributed by atoms with van der Waals surface area (Å²) < 4.78 is 5.95. The Morgan fingerprint density at radius 3 is 2.65 bits per heavy atom. The highest BCUT2D eigenvalue weighted by Gasteiger charge is 2.32. The number of carbonyl (C=O) groups excluding carboxylic acids is 2. The number of carbonyl (C=O) groups is 2. The van der Waals surface area contributed by atoms with E-state index >= 15 is 0 Å². The molecule has 0 spiro atoms. The van der Waals surface area contributed by atoms with E-state index in [4.69, 9.17) is 16.0 Å². The number of hydrogen-bond acceptors (Lipinski definition) is 5. The number of halogens is 1. The van der Waals surface area contributed by atoms with E-state index in [1.54, 1.807) is 18.2 Å². The van der Waals surface area contributed by atoms with Gasteiger partial charge in [0.05, 0.1) is 4.88 Å². The van der Waals surface area contributed by atoms with E-state index in [1.807, 2.05) is 52.7 Å². The van der Waals surface area contributed by atoms with Gasteiger partial charge < -0.3 is 14.6 Å². The first-order valence-corrected chi connectivity index (χ1v) is 12.6. The summed E-state index contributed by atoms with van der Waals surface area (Å²) in [6.45, 7) is 1.17. The Kier molecular flexibility index (Phi) is 6.65. The molecule has 6 nitrogen and oxygen atoms in total. The highest BCUT2D eigenvalue weighted by atomic mass is 35.5. The zero-order valence-corrected chi connectivity index (χ0v) is 20.0. The maximum atomic E-state index is 13.5. The Morgan fingerprint density at radius 2 is 1.91 bits per heavy atom. The van der Waals surface area contributed by atoms with Gasteiger partial charge in [0.2, 0.25) is 5.91 Å². The third kappa shape index (κ3) is 5.00. The van der Waals surface area contributed by atoms with Crippen LogP contribution in [0, 0.1) is 0 Å². The van der Waals surface area contributed by atoms with Crippen LogP contribution in [0.3, 0.4) is 0 Å². The van der Waals surface area contributed by atoms with Gasteiger partial charge in [-0.25, -0.2) is 4.98 Å². The number of aromatic nitrogens is 1. The summed E-state index contributed by atoms with van der Waals surface area (Å²) >= 11 is 7.43. The molecule has 0 radical (unpaired) electrons. The fraction of sp³-hybridized carbons (Fsp3) is 0.269. The number of fused-ring (bicyclic) bond motifs is 1. The van der Waals surface area contributed by atoms with Gasteiger partial charge in [0.15, 0.2) is 11.5 Å². The lowest BCUT2D eigenvalue weighted by Gasteiger charge is -2.33. The van der Waals surface area contributed by atoms with Gasteiger partial charge in [-0.1, -0.05) is 48.0 Å². The largest absolute Gasteiger partial charge is 0.440 e. The lowest BCUT2D eigenvalue weighted by atomic mass is 9.95. The Balaban J connectivity index is 1.27. The second-order valence-corrected chi connectivity index (χ2v) is 9.84. The van der Waals surface area contributed by atoms with E-state index in [2.05, 4.69) is 10.3 Å². The van der Waals surface area contributed by atoms with E-state index in [1.165, 1.54) is 11.3 Å². The van der Waals surface area contributed by atoms with Crippen molar-refractivity contribution < 1.29 is 14.0 Å². The Bertz CT molecular complexity index is 1280. The van der Waals surface area contributed by atoms with Gasteiger partial charge in [-0.05, 0) is 48.1 Å². The van der Waals surface area contributed by atoms with Crippen LogP contribution in [-0.2, 0) is 11.2 Å². The molecular formula is C26H24ClN3O3S. The Labute approximate surface area is 206 Å². The third-order valence-electron chi connectivity index (χ3n) is 6.15. The number of oxazole rings is 1. The van der Waals surface area contributed by atoms with Crippen molar-refractivity contribution in [2.75, 3.05) is 13.1 Å². The Morgan fingerprint density at radius 1 is 1.12 bits per heavy atom. The monoisotopic (exact) mass is 493 g/mol. The van der Waals surface area contributed by atoms with Gasteiger partial charge in [0.25, 0.3) is 5.91 Å². The molecule has 1 N–H and O–H groups in total. The summed E-state index contributed by atoms with van der Waals surface area (Å²) in [5.41, 5.74) is 2.48. The first kappa shape index (κ1) is 22.6. The summed E-state index contributed by atoms with van der Waals surface area (Å²) in [5, 5.41) is 5.45. The molecule has 34 heavy (non-hydrogen) atoms. The van der Waals surface area contributed by atoms with Crippen molar-refractivity contribution in [1.82, 2.24) is 15.2 Å². The zero-order valence-electron chi connectivity index (χ0n) is 18.4. The van der Waals surface area contributed by atoms with Crippen LogP contribution >= 0.6 is 22.9 Å². The molecule has 174 valence electrons. The van der Waals surface area contributed by atoms with Crippen LogP contribution < -0.4 is 5.32 Å². The van der Waals surface area contributed by atoms with Crippen molar-refractivity contribution in [3.8, 4) is 0 Å². The molecular weight excluding hydrogens is 470 g/mol. The molecule has 1 unspecified atom stereocenters. The van der Waals surface area contributed by atoms with Gasteiger partial charge in [0.1, 0.15) is 11.6 Å². The van der Waals surface area contributed by atoms with Crippen molar-refractivity contribution in [2.45, 2.75) is 31.2 Å². The second kappa shape index (κ2) is 9.99. The van der Waals surface area contributed by atoms with Crippen molar-refractivity contribution in [1.29, 1.82) is 0 Å². The number of benzene rings is 2. The summed E-state index contributed by atoms with van der Waals surface area (Å²) in [6, 6.07) is 18.2. The minimum absolute atomic E-state index is 0.0587. The molecule has 4 aromatic rings. The highest BCUT2D eigenvalue weighted by Crippen LogP contribution is 2.31. The SMILES string of the molecule is O=C(NC(Cc1ccccc1)C(=O)N1CCC(c2nc3cc(Cl)ccc3o2)CC1)c1cccs1. The van der Waals surface area contributed by atoms with Crippen LogP contribution in [0.1, 0.15) is 39.9 Å². The first-order chi connectivity index (χ1) is 16.6. The molecule has 1 atom stereocenters. The molecule has 0 aliphatic carbocycles. The van der Waals surface area contributed by atoms with Crippen molar-refractivity contribution in [3.63, 3.8) is 0 Å². The highest BCUT2D eigenvalue weighted by molar-refractivity contribution is 7.12. The topological polar surface area (TPSA) is 75.4 Å². The van der Waals surface area contributed by atoms with E-state index in [0.29, 0.717) is 35.3 Å². The summed E-state index contributed by atoms with van der Waals surface area (Å²) in [6.07, 6.45) is 1.95. The third-order valence-corrected chi connectivity index (χ3v) is 7.26. The molecule has 5 rings (SSSR count). The number of rotatable bonds is 6. The van der Waals surface area contributed by atoms with Gasteiger partial charge in [-0.2, -0.15) is 0 Å². The minimum atomic E-state index is -0.625.